The van der Waals surface area contributed by atoms with E-state index in [4.69, 9.17) is 5.11 Å². The van der Waals surface area contributed by atoms with Gasteiger partial charge in [-0.15, -0.1) is 0 Å². The topological polar surface area (TPSA) is 84.2 Å². The van der Waals surface area contributed by atoms with E-state index < -0.39 is 10.0 Å². The highest BCUT2D eigenvalue weighted by atomic mass is 32.2. The molecule has 21 heavy (non-hydrogen) atoms. The SMILES string of the molecule is O=S(=O)(NC1C2C3CCC(C3)C12)c1cnn(CCCO)c1. The van der Waals surface area contributed by atoms with E-state index in [0.29, 0.717) is 24.8 Å². The first kappa shape index (κ1) is 13.7. The largest absolute Gasteiger partial charge is 0.396 e. The Kier molecular flexibility index (Phi) is 3.13. The van der Waals surface area contributed by atoms with Crippen LogP contribution in [0.2, 0.25) is 0 Å². The molecule has 0 aliphatic heterocycles. The van der Waals surface area contributed by atoms with Gasteiger partial charge in [-0.2, -0.15) is 5.10 Å². The number of fused-ring (bicyclic) bond motifs is 5. The van der Waals surface area contributed by atoms with Crippen LogP contribution in [0.5, 0.6) is 0 Å². The lowest BCUT2D eigenvalue weighted by molar-refractivity contribution is 0.277. The minimum Gasteiger partial charge on any atom is -0.396 e. The molecule has 2 bridgehead atoms. The lowest BCUT2D eigenvalue weighted by Gasteiger charge is -2.10. The van der Waals surface area contributed by atoms with Crippen molar-refractivity contribution in [2.75, 3.05) is 6.61 Å². The Bertz CT molecular complexity index is 626. The maximum atomic E-state index is 12.4. The second kappa shape index (κ2) is 4.79. The van der Waals surface area contributed by atoms with Crippen LogP contribution >= 0.6 is 0 Å². The fourth-order valence-corrected chi connectivity index (χ4v) is 5.82. The summed E-state index contributed by atoms with van der Waals surface area (Å²) in [7, 11) is -3.46. The second-order valence-electron chi connectivity index (χ2n) is 6.65. The monoisotopic (exact) mass is 311 g/mol. The molecule has 6 nitrogen and oxygen atoms in total. The molecule has 1 heterocycles. The first-order valence-electron chi connectivity index (χ1n) is 7.76. The first-order valence-corrected chi connectivity index (χ1v) is 9.24. The van der Waals surface area contributed by atoms with E-state index in [0.717, 1.165) is 11.8 Å². The molecule has 7 heteroatoms. The summed E-state index contributed by atoms with van der Waals surface area (Å²) in [5.41, 5.74) is 0. The number of aliphatic hydroxyl groups excluding tert-OH is 1. The highest BCUT2D eigenvalue weighted by Gasteiger charge is 2.65. The Morgan fingerprint density at radius 3 is 2.71 bits per heavy atom. The molecule has 4 atom stereocenters. The molecule has 0 saturated heterocycles. The maximum Gasteiger partial charge on any atom is 0.243 e. The Balaban J connectivity index is 1.44. The van der Waals surface area contributed by atoms with Crippen LogP contribution in [0.3, 0.4) is 0 Å². The van der Waals surface area contributed by atoms with Gasteiger partial charge in [0.25, 0.3) is 0 Å². The van der Waals surface area contributed by atoms with E-state index >= 15 is 0 Å². The summed E-state index contributed by atoms with van der Waals surface area (Å²) >= 11 is 0. The van der Waals surface area contributed by atoms with E-state index in [-0.39, 0.29) is 17.5 Å². The molecule has 4 rings (SSSR count). The van der Waals surface area contributed by atoms with Gasteiger partial charge in [-0.1, -0.05) is 0 Å². The van der Waals surface area contributed by atoms with Crippen molar-refractivity contribution < 1.29 is 13.5 Å². The molecular weight excluding hydrogens is 290 g/mol. The number of aryl methyl sites for hydroxylation is 1. The van der Waals surface area contributed by atoms with E-state index in [1.165, 1.54) is 25.5 Å². The third kappa shape index (κ3) is 2.22. The fraction of sp³-hybridized carbons (Fsp3) is 0.786. The van der Waals surface area contributed by atoms with Gasteiger partial charge in [0.1, 0.15) is 4.90 Å². The number of aromatic nitrogens is 2. The summed E-state index contributed by atoms with van der Waals surface area (Å²) in [6.07, 6.45) is 7.39. The number of nitrogens with zero attached hydrogens (tertiary/aromatic N) is 2. The highest BCUT2D eigenvalue weighted by molar-refractivity contribution is 7.89. The predicted molar refractivity (Wildman–Crippen MR) is 75.9 cm³/mol. The minimum absolute atomic E-state index is 0.0778. The number of nitrogens with one attached hydrogen (secondary N) is 1. The van der Waals surface area contributed by atoms with Gasteiger partial charge in [-0.3, -0.25) is 4.68 Å². The molecule has 1 aromatic rings. The Morgan fingerprint density at radius 2 is 2.05 bits per heavy atom. The average molecular weight is 311 g/mol. The molecule has 0 amide bonds. The van der Waals surface area contributed by atoms with Crippen LogP contribution in [-0.2, 0) is 16.6 Å². The van der Waals surface area contributed by atoms with Crippen molar-refractivity contribution in [3.63, 3.8) is 0 Å². The van der Waals surface area contributed by atoms with E-state index in [1.807, 2.05) is 0 Å². The zero-order chi connectivity index (χ0) is 14.6. The number of hydrogen-bond acceptors (Lipinski definition) is 4. The van der Waals surface area contributed by atoms with Gasteiger partial charge in [0.2, 0.25) is 10.0 Å². The van der Waals surface area contributed by atoms with Crippen molar-refractivity contribution in [3.8, 4) is 0 Å². The second-order valence-corrected chi connectivity index (χ2v) is 8.37. The van der Waals surface area contributed by atoms with Gasteiger partial charge < -0.3 is 5.11 Å². The van der Waals surface area contributed by atoms with Crippen molar-refractivity contribution >= 4 is 10.0 Å². The molecule has 0 aromatic carbocycles. The van der Waals surface area contributed by atoms with Crippen LogP contribution < -0.4 is 4.72 Å². The zero-order valence-electron chi connectivity index (χ0n) is 11.9. The van der Waals surface area contributed by atoms with Crippen molar-refractivity contribution in [1.29, 1.82) is 0 Å². The van der Waals surface area contributed by atoms with Gasteiger partial charge in [0, 0.05) is 25.4 Å². The molecular formula is C14H21N3O3S. The number of sulfonamides is 1. The average Bonchev–Trinajstić information content (AvgIpc) is 2.92. The van der Waals surface area contributed by atoms with Crippen LogP contribution in [0.4, 0.5) is 0 Å². The molecule has 3 saturated carbocycles. The third-order valence-electron chi connectivity index (χ3n) is 5.49. The Hall–Kier alpha value is -0.920. The third-order valence-corrected chi connectivity index (χ3v) is 6.91. The van der Waals surface area contributed by atoms with Crippen LogP contribution in [0, 0.1) is 23.7 Å². The molecule has 4 unspecified atom stereocenters. The predicted octanol–water partition coefficient (Wildman–Crippen LogP) is 0.588. The van der Waals surface area contributed by atoms with Crippen LogP contribution in [0.1, 0.15) is 25.7 Å². The normalized spacial score (nSPS) is 36.9. The van der Waals surface area contributed by atoms with Crippen molar-refractivity contribution in [2.24, 2.45) is 23.7 Å². The summed E-state index contributed by atoms with van der Waals surface area (Å²) in [5.74, 6) is 2.67. The lowest BCUT2D eigenvalue weighted by atomic mass is 10.0. The van der Waals surface area contributed by atoms with E-state index in [9.17, 15) is 8.42 Å². The van der Waals surface area contributed by atoms with Crippen LogP contribution in [0.15, 0.2) is 17.3 Å². The number of rotatable bonds is 6. The van der Waals surface area contributed by atoms with Gasteiger partial charge in [-0.05, 0) is 49.4 Å². The molecule has 116 valence electrons. The molecule has 3 fully saturated rings. The molecule has 0 radical (unpaired) electrons. The minimum atomic E-state index is -3.46. The first-order chi connectivity index (χ1) is 10.1. The maximum absolute atomic E-state index is 12.4. The van der Waals surface area contributed by atoms with Gasteiger partial charge in [-0.25, -0.2) is 13.1 Å². The number of aliphatic hydroxyl groups is 1. The lowest BCUT2D eigenvalue weighted by Crippen LogP contribution is -2.29. The fourth-order valence-electron chi connectivity index (χ4n) is 4.57. The van der Waals surface area contributed by atoms with Crippen LogP contribution in [-0.4, -0.2) is 36.0 Å². The standard InChI is InChI=1S/C14H21N3O3S/c18-5-1-4-17-8-11(7-15-17)21(19,20)16-14-12-9-2-3-10(6-9)13(12)14/h7-10,12-14,16,18H,1-6H2. The number of hydrogen-bond donors (Lipinski definition) is 2. The molecule has 1 aromatic heterocycles. The summed E-state index contributed by atoms with van der Waals surface area (Å²) in [6.45, 7) is 0.610. The molecule has 3 aliphatic carbocycles. The van der Waals surface area contributed by atoms with Gasteiger partial charge >= 0.3 is 0 Å². The van der Waals surface area contributed by atoms with Crippen LogP contribution in [0.25, 0.3) is 0 Å². The van der Waals surface area contributed by atoms with E-state index in [2.05, 4.69) is 9.82 Å². The molecule has 0 spiro atoms. The van der Waals surface area contributed by atoms with Crippen molar-refractivity contribution in [2.45, 2.75) is 43.2 Å². The summed E-state index contributed by atoms with van der Waals surface area (Å²) < 4.78 is 29.3. The van der Waals surface area contributed by atoms with Crippen molar-refractivity contribution in [3.05, 3.63) is 12.4 Å². The van der Waals surface area contributed by atoms with E-state index in [1.54, 1.807) is 10.9 Å². The summed E-state index contributed by atoms with van der Waals surface area (Å²) in [5, 5.41) is 12.8. The quantitative estimate of drug-likeness (QED) is 0.805. The zero-order valence-corrected chi connectivity index (χ0v) is 12.7. The van der Waals surface area contributed by atoms with Gasteiger partial charge in [0.05, 0.1) is 6.20 Å². The molecule has 2 N–H and O–H groups in total. The van der Waals surface area contributed by atoms with Gasteiger partial charge in [0.15, 0.2) is 0 Å². The highest BCUT2D eigenvalue weighted by Crippen LogP contribution is 2.65. The summed E-state index contributed by atoms with van der Waals surface area (Å²) in [6, 6.07) is 0.155. The Morgan fingerprint density at radius 1 is 1.33 bits per heavy atom. The smallest absolute Gasteiger partial charge is 0.243 e. The molecule has 3 aliphatic rings. The summed E-state index contributed by atoms with van der Waals surface area (Å²) in [4.78, 5) is 0.234. The van der Waals surface area contributed by atoms with Crippen molar-refractivity contribution in [1.82, 2.24) is 14.5 Å². The Labute approximate surface area is 124 Å².